The highest BCUT2D eigenvalue weighted by Crippen LogP contribution is 2.27. The number of rotatable bonds is 3. The number of benzene rings is 1. The lowest BCUT2D eigenvalue weighted by atomic mass is 10.1. The Morgan fingerprint density at radius 2 is 2.05 bits per heavy atom. The molecule has 100 valence electrons. The molecule has 0 atom stereocenters. The number of nitrogen functional groups attached to an aromatic ring is 1. The molecule has 0 radical (unpaired) electrons. The van der Waals surface area contributed by atoms with Crippen LogP contribution in [0.3, 0.4) is 0 Å². The van der Waals surface area contributed by atoms with Crippen LogP contribution in [0.15, 0.2) is 23.6 Å². The Kier molecular flexibility index (Phi) is 3.76. The van der Waals surface area contributed by atoms with Gasteiger partial charge in [0, 0.05) is 11.4 Å². The number of ether oxygens (including phenoxy) is 1. The van der Waals surface area contributed by atoms with Crippen molar-refractivity contribution in [3.05, 3.63) is 39.6 Å². The van der Waals surface area contributed by atoms with Crippen molar-refractivity contribution < 1.29 is 9.53 Å². The fourth-order valence-corrected chi connectivity index (χ4v) is 2.53. The summed E-state index contributed by atoms with van der Waals surface area (Å²) < 4.78 is 5.15. The first-order valence-electron chi connectivity index (χ1n) is 5.82. The average Bonchev–Trinajstić information content (AvgIpc) is 2.84. The van der Waals surface area contributed by atoms with E-state index in [1.807, 2.05) is 31.4 Å². The highest BCUT2D eigenvalue weighted by atomic mass is 32.1. The maximum Gasteiger partial charge on any atom is 0.269 e. The Morgan fingerprint density at radius 1 is 1.32 bits per heavy atom. The summed E-state index contributed by atoms with van der Waals surface area (Å²) in [6.07, 6.45) is 0. The second-order valence-corrected chi connectivity index (χ2v) is 5.21. The van der Waals surface area contributed by atoms with Crippen molar-refractivity contribution in [3.8, 4) is 5.75 Å². The van der Waals surface area contributed by atoms with Crippen molar-refractivity contribution in [3.63, 3.8) is 0 Å². The number of aryl methyl sites for hydroxylation is 2. The van der Waals surface area contributed by atoms with E-state index in [4.69, 9.17) is 10.5 Å². The molecule has 3 N–H and O–H groups in total. The predicted molar refractivity (Wildman–Crippen MR) is 79.2 cm³/mol. The highest BCUT2D eigenvalue weighted by molar-refractivity contribution is 7.12. The minimum absolute atomic E-state index is 0.167. The molecule has 1 aromatic carbocycles. The van der Waals surface area contributed by atoms with E-state index in [9.17, 15) is 4.79 Å². The summed E-state index contributed by atoms with van der Waals surface area (Å²) >= 11 is 1.35. The summed E-state index contributed by atoms with van der Waals surface area (Å²) in [5.74, 6) is 0.423. The van der Waals surface area contributed by atoms with Gasteiger partial charge in [0.25, 0.3) is 5.91 Å². The fraction of sp³-hybridized carbons (Fsp3) is 0.214. The minimum atomic E-state index is -0.167. The van der Waals surface area contributed by atoms with Crippen LogP contribution in [0, 0.1) is 13.8 Å². The monoisotopic (exact) mass is 276 g/mol. The number of hydrogen-bond donors (Lipinski definition) is 2. The normalized spacial score (nSPS) is 10.3. The first-order valence-corrected chi connectivity index (χ1v) is 6.70. The lowest BCUT2D eigenvalue weighted by molar-refractivity contribution is 0.102. The zero-order valence-corrected chi connectivity index (χ0v) is 11.9. The van der Waals surface area contributed by atoms with Gasteiger partial charge in [0.05, 0.1) is 7.11 Å². The van der Waals surface area contributed by atoms with Gasteiger partial charge in [0.15, 0.2) is 0 Å². The van der Waals surface area contributed by atoms with Gasteiger partial charge < -0.3 is 15.8 Å². The maximum atomic E-state index is 12.2. The summed E-state index contributed by atoms with van der Waals surface area (Å²) in [5.41, 5.74) is 9.21. The van der Waals surface area contributed by atoms with Crippen LogP contribution in [0.1, 0.15) is 20.8 Å². The predicted octanol–water partition coefficient (Wildman–Crippen LogP) is 3.21. The Hall–Kier alpha value is -2.01. The number of thiophene rings is 1. The Balaban J connectivity index is 2.27. The number of nitrogens with two attached hydrogens (primary N) is 1. The lowest BCUT2D eigenvalue weighted by Crippen LogP contribution is -2.12. The van der Waals surface area contributed by atoms with Gasteiger partial charge in [-0.3, -0.25) is 4.79 Å². The van der Waals surface area contributed by atoms with Gasteiger partial charge in [-0.15, -0.1) is 11.3 Å². The van der Waals surface area contributed by atoms with Crippen molar-refractivity contribution in [2.75, 3.05) is 18.2 Å². The Morgan fingerprint density at radius 3 is 2.74 bits per heavy atom. The lowest BCUT2D eigenvalue weighted by Gasteiger charge is -2.11. The van der Waals surface area contributed by atoms with Crippen molar-refractivity contribution in [1.29, 1.82) is 0 Å². The summed E-state index contributed by atoms with van der Waals surface area (Å²) in [6, 6.07) is 5.51. The number of amides is 1. The summed E-state index contributed by atoms with van der Waals surface area (Å²) in [4.78, 5) is 12.8. The van der Waals surface area contributed by atoms with Gasteiger partial charge in [-0.2, -0.15) is 0 Å². The Bertz CT molecular complexity index is 620. The third-order valence-electron chi connectivity index (χ3n) is 2.92. The zero-order valence-electron chi connectivity index (χ0n) is 11.1. The molecular formula is C14H16N2O2S. The number of nitrogens with one attached hydrogen (secondary N) is 1. The molecule has 5 heteroatoms. The molecule has 19 heavy (non-hydrogen) atoms. The van der Waals surface area contributed by atoms with Crippen LogP contribution in [0.5, 0.6) is 5.75 Å². The molecule has 1 amide bonds. The van der Waals surface area contributed by atoms with Crippen LogP contribution in [0.2, 0.25) is 0 Å². The van der Waals surface area contributed by atoms with Crippen LogP contribution in [-0.2, 0) is 0 Å². The van der Waals surface area contributed by atoms with E-state index in [-0.39, 0.29) is 5.91 Å². The molecule has 4 nitrogen and oxygen atoms in total. The molecule has 0 saturated carbocycles. The van der Waals surface area contributed by atoms with Crippen LogP contribution < -0.4 is 15.8 Å². The van der Waals surface area contributed by atoms with Crippen molar-refractivity contribution >= 4 is 28.6 Å². The second-order valence-electron chi connectivity index (χ2n) is 4.30. The van der Waals surface area contributed by atoms with Gasteiger partial charge in [0.2, 0.25) is 0 Å². The smallest absolute Gasteiger partial charge is 0.269 e. The second kappa shape index (κ2) is 5.32. The van der Waals surface area contributed by atoms with Gasteiger partial charge >= 0.3 is 0 Å². The van der Waals surface area contributed by atoms with Crippen LogP contribution in [0.4, 0.5) is 11.4 Å². The Labute approximate surface area is 116 Å². The van der Waals surface area contributed by atoms with Gasteiger partial charge in [-0.1, -0.05) is 0 Å². The molecule has 0 fully saturated rings. The topological polar surface area (TPSA) is 64.3 Å². The molecule has 0 bridgehead atoms. The molecule has 0 aliphatic carbocycles. The number of carbonyl (C=O) groups excluding carboxylic acids is 1. The molecule has 1 aromatic heterocycles. The molecule has 0 aliphatic rings. The van der Waals surface area contributed by atoms with E-state index >= 15 is 0 Å². The first kappa shape index (κ1) is 13.4. The van der Waals surface area contributed by atoms with Gasteiger partial charge in [0.1, 0.15) is 10.6 Å². The molecule has 0 aliphatic heterocycles. The molecule has 0 spiro atoms. The summed E-state index contributed by atoms with van der Waals surface area (Å²) in [6.45, 7) is 3.83. The van der Waals surface area contributed by atoms with Gasteiger partial charge in [-0.25, -0.2) is 0 Å². The molecular weight excluding hydrogens is 260 g/mol. The van der Waals surface area contributed by atoms with E-state index in [0.29, 0.717) is 10.6 Å². The highest BCUT2D eigenvalue weighted by Gasteiger charge is 2.15. The number of hydrogen-bond acceptors (Lipinski definition) is 4. The third-order valence-corrected chi connectivity index (χ3v) is 3.81. The van der Waals surface area contributed by atoms with Crippen molar-refractivity contribution in [1.82, 2.24) is 0 Å². The largest absolute Gasteiger partial charge is 0.495 e. The molecule has 2 aromatic rings. The number of anilines is 2. The molecule has 0 saturated heterocycles. The van der Waals surface area contributed by atoms with E-state index in [1.165, 1.54) is 11.3 Å². The van der Waals surface area contributed by atoms with E-state index in [2.05, 4.69) is 5.32 Å². The minimum Gasteiger partial charge on any atom is -0.495 e. The maximum absolute atomic E-state index is 12.2. The van der Waals surface area contributed by atoms with Crippen LogP contribution in [-0.4, -0.2) is 13.0 Å². The van der Waals surface area contributed by atoms with Crippen molar-refractivity contribution in [2.24, 2.45) is 0 Å². The molecule has 1 heterocycles. The quantitative estimate of drug-likeness (QED) is 0.846. The van der Waals surface area contributed by atoms with E-state index in [1.54, 1.807) is 13.2 Å². The summed E-state index contributed by atoms with van der Waals surface area (Å²) in [7, 11) is 1.55. The van der Waals surface area contributed by atoms with Gasteiger partial charge in [-0.05, 0) is 48.6 Å². The SMILES string of the molecule is COc1ccsc1C(=O)Nc1cc(C)c(N)cc1C. The van der Waals surface area contributed by atoms with Crippen molar-refractivity contribution in [2.45, 2.75) is 13.8 Å². The van der Waals surface area contributed by atoms with E-state index in [0.717, 1.165) is 22.5 Å². The average molecular weight is 276 g/mol. The standard InChI is InChI=1S/C14H16N2O2S/c1-8-7-11(9(2)6-10(8)15)16-14(17)13-12(18-3)4-5-19-13/h4-7H,15H2,1-3H3,(H,16,17). The zero-order chi connectivity index (χ0) is 14.0. The van der Waals surface area contributed by atoms with Crippen LogP contribution in [0.25, 0.3) is 0 Å². The molecule has 0 unspecified atom stereocenters. The number of carbonyl (C=O) groups is 1. The summed E-state index contributed by atoms with van der Waals surface area (Å²) in [5, 5.41) is 4.72. The number of methoxy groups -OCH3 is 1. The molecule has 2 rings (SSSR count). The fourth-order valence-electron chi connectivity index (χ4n) is 1.78. The first-order chi connectivity index (χ1) is 9.02. The van der Waals surface area contributed by atoms with E-state index < -0.39 is 0 Å². The van der Waals surface area contributed by atoms with Crippen LogP contribution >= 0.6 is 11.3 Å². The third kappa shape index (κ3) is 2.71.